The topological polar surface area (TPSA) is 264 Å². The van der Waals surface area contributed by atoms with Crippen LogP contribution in [0.1, 0.15) is 88.8 Å². The van der Waals surface area contributed by atoms with Gasteiger partial charge in [0, 0.05) is 47.5 Å². The molecule has 16 nitrogen and oxygen atoms in total. The maximum Gasteiger partial charge on any atom is 0.307 e. The van der Waals surface area contributed by atoms with E-state index >= 15 is 0 Å². The Morgan fingerprint density at radius 3 is 1.84 bits per heavy atom. The van der Waals surface area contributed by atoms with Gasteiger partial charge < -0.3 is 14.6 Å². The first kappa shape index (κ1) is 49.6. The van der Waals surface area contributed by atoms with E-state index in [-0.39, 0.29) is 30.6 Å². The molecule has 0 amide bonds. The molecule has 0 aliphatic carbocycles. The van der Waals surface area contributed by atoms with Crippen LogP contribution < -0.4 is 4.90 Å². The van der Waals surface area contributed by atoms with Crippen LogP contribution in [0.5, 0.6) is 0 Å². The summed E-state index contributed by atoms with van der Waals surface area (Å²) in [6, 6.07) is 9.54. The fourth-order valence-electron chi connectivity index (χ4n) is 8.25. The number of anilines is 1. The number of aliphatic carboxylic acids is 1. The SMILES string of the molecule is CCN1/C(=C/C=C/C=C/C=C/C2=[N+](CCCCS(=O)(=O)O)c3ccc(CC(=O)O)cc3C2(C)CCCCS(=O)(=O)O)C(C)(CCCCS(=O)(=O)O)c2cc(S(=O)(=O)[O-])ccc21. The lowest BCUT2D eigenvalue weighted by atomic mass is 9.75. The van der Waals surface area contributed by atoms with Crippen LogP contribution in [-0.2, 0) is 62.5 Å². The van der Waals surface area contributed by atoms with Gasteiger partial charge in [0.2, 0.25) is 5.69 Å². The molecule has 2 aliphatic heterocycles. The fourth-order valence-corrected chi connectivity index (χ4v) is 10.4. The van der Waals surface area contributed by atoms with Crippen molar-refractivity contribution in [2.45, 2.75) is 94.3 Å². The van der Waals surface area contributed by atoms with Crippen molar-refractivity contribution in [1.82, 2.24) is 0 Å². The fraction of sp³-hybridized carbons (Fsp3) is 0.463. The highest BCUT2D eigenvalue weighted by atomic mass is 32.2. The Kier molecular flexibility index (Phi) is 16.3. The second-order valence-corrected chi connectivity index (χ2v) is 21.8. The average molecular weight is 927 g/mol. The van der Waals surface area contributed by atoms with E-state index in [0.717, 1.165) is 22.7 Å². The Morgan fingerprint density at radius 2 is 1.28 bits per heavy atom. The summed E-state index contributed by atoms with van der Waals surface area (Å²) < 4.78 is 135. The van der Waals surface area contributed by atoms with E-state index in [9.17, 15) is 61.8 Å². The number of hydrogen-bond acceptors (Lipinski definition) is 11. The van der Waals surface area contributed by atoms with Crippen molar-refractivity contribution in [3.05, 3.63) is 101 Å². The molecule has 20 heteroatoms. The molecule has 4 N–H and O–H groups in total. The maximum absolute atomic E-state index is 12.0. The van der Waals surface area contributed by atoms with Crippen LogP contribution in [0.2, 0.25) is 0 Å². The average Bonchev–Trinajstić information content (AvgIpc) is 3.51. The van der Waals surface area contributed by atoms with E-state index < -0.39 is 74.5 Å². The lowest BCUT2D eigenvalue weighted by Crippen LogP contribution is -2.31. The van der Waals surface area contributed by atoms with Gasteiger partial charge in [0.15, 0.2) is 5.71 Å². The van der Waals surface area contributed by atoms with Gasteiger partial charge >= 0.3 is 5.97 Å². The summed E-state index contributed by atoms with van der Waals surface area (Å²) in [5.41, 5.74) is 3.44. The highest BCUT2D eigenvalue weighted by Gasteiger charge is 2.47. The molecule has 0 saturated heterocycles. The quantitative estimate of drug-likeness (QED) is 0.0450. The molecular weight excluding hydrogens is 873 g/mol. The standard InChI is InChI=1S/C41H54N2O14S4/c1-4-42-35-21-19-32(61(55,56)57)30-34(35)41(3,23-11-14-26-59(49,50)51)37(42)16-8-6-5-7-9-17-38-40(2,22-10-13-25-58(46,47)48)33-28-31(29-39(44)45)18-20-36(33)43(38)24-12-15-27-60(52,53)54/h5-9,16-21,28,30H,4,10-15,22-27,29H2,1-3H3,(H4-,44,45,46,47,48,49,50,51,52,53,54,55,56,57). The predicted octanol–water partition coefficient (Wildman–Crippen LogP) is 5.71. The molecule has 0 bridgehead atoms. The summed E-state index contributed by atoms with van der Waals surface area (Å²) in [5.74, 6) is -2.30. The van der Waals surface area contributed by atoms with Gasteiger partial charge in [-0.1, -0.05) is 49.3 Å². The number of carboxylic acids is 1. The Labute approximate surface area is 359 Å². The lowest BCUT2D eigenvalue weighted by Gasteiger charge is -2.30. The highest BCUT2D eigenvalue weighted by Crippen LogP contribution is 2.51. The van der Waals surface area contributed by atoms with Gasteiger partial charge in [-0.25, -0.2) is 8.42 Å². The van der Waals surface area contributed by atoms with Crippen molar-refractivity contribution in [1.29, 1.82) is 0 Å². The van der Waals surface area contributed by atoms with Crippen LogP contribution in [0.4, 0.5) is 11.4 Å². The molecular formula is C41H54N2O14S4. The Bertz CT molecular complexity index is 2580. The number of nitrogens with zero attached hydrogens (tertiary/aromatic N) is 2. The Morgan fingerprint density at radius 1 is 0.721 bits per heavy atom. The number of allylic oxidation sites excluding steroid dienone is 8. The van der Waals surface area contributed by atoms with Crippen molar-refractivity contribution in [2.24, 2.45) is 0 Å². The monoisotopic (exact) mass is 926 g/mol. The van der Waals surface area contributed by atoms with Crippen LogP contribution in [-0.4, -0.2) is 104 Å². The number of carboxylic acid groups (broad SMARTS) is 1. The van der Waals surface area contributed by atoms with E-state index in [1.807, 2.05) is 54.5 Å². The molecule has 0 radical (unpaired) electrons. The molecule has 0 spiro atoms. The first-order chi connectivity index (χ1) is 28.3. The van der Waals surface area contributed by atoms with E-state index in [1.54, 1.807) is 42.5 Å². The molecule has 2 atom stereocenters. The van der Waals surface area contributed by atoms with Gasteiger partial charge in [-0.2, -0.15) is 29.8 Å². The smallest absolute Gasteiger partial charge is 0.307 e. The van der Waals surface area contributed by atoms with Crippen molar-refractivity contribution in [3.8, 4) is 0 Å². The summed E-state index contributed by atoms with van der Waals surface area (Å²) in [4.78, 5) is 13.2. The normalized spacial score (nSPS) is 20.5. The molecule has 2 aromatic rings. The van der Waals surface area contributed by atoms with Crippen molar-refractivity contribution < 1.29 is 66.4 Å². The first-order valence-electron chi connectivity index (χ1n) is 19.7. The van der Waals surface area contributed by atoms with Crippen molar-refractivity contribution in [3.63, 3.8) is 0 Å². The van der Waals surface area contributed by atoms with Crippen LogP contribution in [0.3, 0.4) is 0 Å². The van der Waals surface area contributed by atoms with Gasteiger partial charge in [0.05, 0.1) is 34.0 Å². The predicted molar refractivity (Wildman–Crippen MR) is 231 cm³/mol. The van der Waals surface area contributed by atoms with E-state index in [4.69, 9.17) is 0 Å². The lowest BCUT2D eigenvalue weighted by molar-refractivity contribution is -0.438. The number of fused-ring (bicyclic) bond motifs is 2. The molecule has 2 unspecified atom stereocenters. The Hall–Kier alpha value is -4.02. The number of rotatable bonds is 23. The van der Waals surface area contributed by atoms with Gasteiger partial charge in [-0.15, -0.1) is 0 Å². The minimum absolute atomic E-state index is 0.160. The zero-order valence-corrected chi connectivity index (χ0v) is 37.6. The number of carbonyl (C=O) groups is 1. The van der Waals surface area contributed by atoms with Gasteiger partial charge in [-0.05, 0) is 94.3 Å². The zero-order chi connectivity index (χ0) is 45.4. The number of hydrogen-bond donors (Lipinski definition) is 4. The van der Waals surface area contributed by atoms with Crippen LogP contribution in [0, 0.1) is 0 Å². The number of likely N-dealkylation sites (N-methyl/N-ethyl adjacent to an activating group) is 1. The molecule has 2 heterocycles. The van der Waals surface area contributed by atoms with Gasteiger partial charge in [0.25, 0.3) is 30.4 Å². The van der Waals surface area contributed by atoms with Crippen molar-refractivity contribution >= 4 is 63.5 Å². The van der Waals surface area contributed by atoms with Crippen LogP contribution in [0.15, 0.2) is 89.5 Å². The third-order valence-electron chi connectivity index (χ3n) is 11.1. The first-order valence-corrected chi connectivity index (χ1v) is 26.0. The molecule has 2 aromatic carbocycles. The zero-order valence-electron chi connectivity index (χ0n) is 34.3. The third kappa shape index (κ3) is 13.5. The highest BCUT2D eigenvalue weighted by molar-refractivity contribution is 7.86. The molecule has 336 valence electrons. The van der Waals surface area contributed by atoms with E-state index in [0.29, 0.717) is 62.0 Å². The Balaban J connectivity index is 1.69. The molecule has 4 rings (SSSR count). The van der Waals surface area contributed by atoms with Crippen LogP contribution in [0.25, 0.3) is 0 Å². The van der Waals surface area contributed by atoms with E-state index in [2.05, 4.69) is 0 Å². The largest absolute Gasteiger partial charge is 0.744 e. The third-order valence-corrected chi connectivity index (χ3v) is 14.4. The molecule has 0 saturated carbocycles. The van der Waals surface area contributed by atoms with Crippen molar-refractivity contribution in [2.75, 3.05) is 35.2 Å². The molecule has 0 fully saturated rings. The van der Waals surface area contributed by atoms with E-state index in [1.165, 1.54) is 12.1 Å². The number of unbranched alkanes of at least 4 members (excludes halogenated alkanes) is 3. The minimum atomic E-state index is -4.77. The summed E-state index contributed by atoms with van der Waals surface area (Å²) in [6.07, 6.45) is 14.9. The second-order valence-electron chi connectivity index (χ2n) is 15.7. The summed E-state index contributed by atoms with van der Waals surface area (Å²) in [6.45, 7) is 6.62. The molecule has 0 aromatic heterocycles. The maximum atomic E-state index is 12.0. The van der Waals surface area contributed by atoms with Gasteiger partial charge in [-0.3, -0.25) is 18.5 Å². The summed E-state index contributed by atoms with van der Waals surface area (Å²) >= 11 is 0. The summed E-state index contributed by atoms with van der Waals surface area (Å²) in [7, 11) is -17.3. The summed E-state index contributed by atoms with van der Waals surface area (Å²) in [5, 5.41) is 9.52. The second kappa shape index (κ2) is 20.0. The minimum Gasteiger partial charge on any atom is -0.744 e. The molecule has 2 aliphatic rings. The van der Waals surface area contributed by atoms with Crippen LogP contribution >= 0.6 is 0 Å². The van der Waals surface area contributed by atoms with Gasteiger partial charge in [0.1, 0.15) is 16.7 Å². The number of benzene rings is 2. The molecule has 61 heavy (non-hydrogen) atoms.